The number of carbonyl (C=O) groups excluding carboxylic acids is 1. The van der Waals surface area contributed by atoms with E-state index >= 15 is 0 Å². The zero-order valence-electron chi connectivity index (χ0n) is 11.5. The van der Waals surface area contributed by atoms with E-state index in [0.29, 0.717) is 22.7 Å². The Morgan fingerprint density at radius 3 is 2.77 bits per heavy atom. The molecular weight excluding hydrogens is 285 g/mol. The van der Waals surface area contributed by atoms with Gasteiger partial charge in [0.2, 0.25) is 5.91 Å². The van der Waals surface area contributed by atoms with Gasteiger partial charge in [0, 0.05) is 17.8 Å². The van der Waals surface area contributed by atoms with Crippen LogP contribution in [-0.4, -0.2) is 16.0 Å². The Hall–Kier alpha value is -3.02. The van der Waals surface area contributed by atoms with E-state index in [2.05, 4.69) is 15.5 Å². The lowest BCUT2D eigenvalue weighted by atomic mass is 10.1. The first-order valence-electron chi connectivity index (χ1n) is 6.62. The summed E-state index contributed by atoms with van der Waals surface area (Å²) in [4.78, 5) is 15.8. The number of nitrogens with zero attached hydrogens (tertiary/aromatic N) is 2. The second-order valence-electron chi connectivity index (χ2n) is 4.66. The highest BCUT2D eigenvalue weighted by Crippen LogP contribution is 2.20. The second-order valence-corrected chi connectivity index (χ2v) is 4.66. The number of amides is 1. The molecule has 0 atom stereocenters. The molecule has 0 aliphatic carbocycles. The molecule has 6 heteroatoms. The topological polar surface area (TPSA) is 68.0 Å². The van der Waals surface area contributed by atoms with Crippen molar-refractivity contribution in [3.8, 4) is 11.3 Å². The number of aromatic nitrogens is 2. The van der Waals surface area contributed by atoms with Crippen molar-refractivity contribution in [1.82, 2.24) is 10.1 Å². The summed E-state index contributed by atoms with van der Waals surface area (Å²) in [6.45, 7) is 0. The first kappa shape index (κ1) is 13.9. The van der Waals surface area contributed by atoms with E-state index in [1.165, 1.54) is 12.1 Å². The molecule has 0 bridgehead atoms. The third kappa shape index (κ3) is 3.35. The van der Waals surface area contributed by atoms with Crippen LogP contribution >= 0.6 is 0 Å². The summed E-state index contributed by atoms with van der Waals surface area (Å²) in [7, 11) is 0. The highest BCUT2D eigenvalue weighted by atomic mass is 19.1. The number of carbonyl (C=O) groups is 1. The number of benzene rings is 1. The fourth-order valence-corrected chi connectivity index (χ4v) is 1.95. The van der Waals surface area contributed by atoms with Gasteiger partial charge in [-0.25, -0.2) is 4.39 Å². The Balaban J connectivity index is 1.66. The van der Waals surface area contributed by atoms with Gasteiger partial charge in [0.1, 0.15) is 5.82 Å². The van der Waals surface area contributed by atoms with Crippen molar-refractivity contribution in [1.29, 1.82) is 0 Å². The van der Waals surface area contributed by atoms with E-state index in [-0.39, 0.29) is 18.1 Å². The quantitative estimate of drug-likeness (QED) is 0.803. The fraction of sp³-hybridized carbons (Fsp3) is 0.0625. The number of rotatable bonds is 4. The van der Waals surface area contributed by atoms with Gasteiger partial charge in [0.25, 0.3) is 0 Å². The molecule has 0 aliphatic rings. The van der Waals surface area contributed by atoms with Gasteiger partial charge >= 0.3 is 0 Å². The van der Waals surface area contributed by atoms with Gasteiger partial charge in [-0.1, -0.05) is 5.16 Å². The number of halogens is 1. The maximum absolute atomic E-state index is 12.9. The highest BCUT2D eigenvalue weighted by Gasteiger charge is 2.11. The van der Waals surface area contributed by atoms with E-state index in [9.17, 15) is 9.18 Å². The van der Waals surface area contributed by atoms with Crippen LogP contribution < -0.4 is 5.32 Å². The largest absolute Gasteiger partial charge is 0.356 e. The lowest BCUT2D eigenvalue weighted by molar-refractivity contribution is -0.115. The molecule has 1 aromatic carbocycles. The van der Waals surface area contributed by atoms with Crippen molar-refractivity contribution >= 4 is 11.6 Å². The average molecular weight is 297 g/mol. The maximum atomic E-state index is 12.9. The van der Waals surface area contributed by atoms with Crippen molar-refractivity contribution in [3.63, 3.8) is 0 Å². The molecule has 0 spiro atoms. The lowest BCUT2D eigenvalue weighted by Gasteiger charge is -2.01. The van der Waals surface area contributed by atoms with Crippen LogP contribution in [0.5, 0.6) is 0 Å². The van der Waals surface area contributed by atoms with Gasteiger partial charge in [-0.2, -0.15) is 0 Å². The molecule has 5 nitrogen and oxygen atoms in total. The van der Waals surface area contributed by atoms with E-state index in [1.54, 1.807) is 42.7 Å². The minimum absolute atomic E-state index is 0.0829. The first-order chi connectivity index (χ1) is 10.7. The second kappa shape index (κ2) is 6.17. The standard InChI is InChI=1S/C16H12FN3O2/c17-12-5-3-11(4-6-12)15-8-14(20-22-15)9-16(21)19-13-2-1-7-18-10-13/h1-8,10H,9H2,(H,19,21). The lowest BCUT2D eigenvalue weighted by Crippen LogP contribution is -2.14. The predicted molar refractivity (Wildman–Crippen MR) is 78.5 cm³/mol. The van der Waals surface area contributed by atoms with Crippen LogP contribution in [0.2, 0.25) is 0 Å². The van der Waals surface area contributed by atoms with E-state index in [0.717, 1.165) is 0 Å². The van der Waals surface area contributed by atoms with Gasteiger partial charge in [0.15, 0.2) is 5.76 Å². The predicted octanol–water partition coefficient (Wildman–Crippen LogP) is 3.06. The Kier molecular flexibility index (Phi) is 3.91. The molecule has 0 saturated carbocycles. The summed E-state index contributed by atoms with van der Waals surface area (Å²) in [5, 5.41) is 6.57. The van der Waals surface area contributed by atoms with Crippen LogP contribution in [0.25, 0.3) is 11.3 Å². The van der Waals surface area contributed by atoms with E-state index < -0.39 is 0 Å². The molecule has 110 valence electrons. The van der Waals surface area contributed by atoms with Crippen molar-refractivity contribution in [2.75, 3.05) is 5.32 Å². The molecular formula is C16H12FN3O2. The number of hydrogen-bond acceptors (Lipinski definition) is 4. The van der Waals surface area contributed by atoms with Crippen LogP contribution in [-0.2, 0) is 11.2 Å². The van der Waals surface area contributed by atoms with Gasteiger partial charge in [-0.15, -0.1) is 0 Å². The van der Waals surface area contributed by atoms with Gasteiger partial charge < -0.3 is 9.84 Å². The van der Waals surface area contributed by atoms with E-state index in [1.807, 2.05) is 0 Å². The smallest absolute Gasteiger partial charge is 0.230 e. The Morgan fingerprint density at radius 1 is 1.23 bits per heavy atom. The van der Waals surface area contributed by atoms with Crippen molar-refractivity contribution < 1.29 is 13.7 Å². The van der Waals surface area contributed by atoms with Gasteiger partial charge in [-0.3, -0.25) is 9.78 Å². The van der Waals surface area contributed by atoms with Crippen molar-refractivity contribution in [2.24, 2.45) is 0 Å². The van der Waals surface area contributed by atoms with E-state index in [4.69, 9.17) is 4.52 Å². The molecule has 0 saturated heterocycles. The molecule has 3 rings (SSSR count). The zero-order valence-corrected chi connectivity index (χ0v) is 11.5. The molecule has 0 unspecified atom stereocenters. The summed E-state index contributed by atoms with van der Waals surface area (Å²) in [6, 6.07) is 11.0. The zero-order chi connectivity index (χ0) is 15.4. The maximum Gasteiger partial charge on any atom is 0.230 e. The molecule has 22 heavy (non-hydrogen) atoms. The molecule has 2 aromatic heterocycles. The third-order valence-electron chi connectivity index (χ3n) is 2.97. The molecule has 0 fully saturated rings. The number of hydrogen-bond donors (Lipinski definition) is 1. The number of nitrogens with one attached hydrogen (secondary N) is 1. The Morgan fingerprint density at radius 2 is 2.05 bits per heavy atom. The highest BCUT2D eigenvalue weighted by molar-refractivity contribution is 5.91. The SMILES string of the molecule is O=C(Cc1cc(-c2ccc(F)cc2)on1)Nc1cccnc1. The Bertz CT molecular complexity index is 770. The van der Waals surface area contributed by atoms with Crippen LogP contribution in [0.15, 0.2) is 59.4 Å². The third-order valence-corrected chi connectivity index (χ3v) is 2.97. The van der Waals surface area contributed by atoms with Crippen LogP contribution in [0.4, 0.5) is 10.1 Å². The Labute approximate surface area is 125 Å². The molecule has 1 N–H and O–H groups in total. The van der Waals surface area contributed by atoms with Crippen LogP contribution in [0, 0.1) is 5.82 Å². The van der Waals surface area contributed by atoms with Crippen molar-refractivity contribution in [2.45, 2.75) is 6.42 Å². The van der Waals surface area contributed by atoms with Crippen LogP contribution in [0.1, 0.15) is 5.69 Å². The average Bonchev–Trinajstić information content (AvgIpc) is 2.97. The minimum atomic E-state index is -0.320. The molecule has 0 aliphatic heterocycles. The fourth-order valence-electron chi connectivity index (χ4n) is 1.95. The summed E-state index contributed by atoms with van der Waals surface area (Å²) in [5.74, 6) is -0.0459. The summed E-state index contributed by atoms with van der Waals surface area (Å²) >= 11 is 0. The van der Waals surface area contributed by atoms with Crippen molar-refractivity contribution in [3.05, 3.63) is 66.4 Å². The summed E-state index contributed by atoms with van der Waals surface area (Å²) in [6.07, 6.45) is 3.27. The normalized spacial score (nSPS) is 10.4. The number of anilines is 1. The van der Waals surface area contributed by atoms with Crippen LogP contribution in [0.3, 0.4) is 0 Å². The van der Waals surface area contributed by atoms with Gasteiger partial charge in [0.05, 0.1) is 24.0 Å². The monoisotopic (exact) mass is 297 g/mol. The molecule has 1 amide bonds. The first-order valence-corrected chi connectivity index (χ1v) is 6.62. The summed E-state index contributed by atoms with van der Waals surface area (Å²) < 4.78 is 18.1. The molecule has 3 aromatic rings. The minimum Gasteiger partial charge on any atom is -0.356 e. The van der Waals surface area contributed by atoms with Gasteiger partial charge in [-0.05, 0) is 36.4 Å². The molecule has 2 heterocycles. The molecule has 0 radical (unpaired) electrons. The summed E-state index contributed by atoms with van der Waals surface area (Å²) in [5.41, 5.74) is 1.82. The number of pyridine rings is 1.